The molecule has 0 aliphatic rings. The standard InChI is InChI=1S/C13H8BrClN2O/c14-8-4-7(5-9(16)6-8)13-17-11-3-1-2-10(15)12(11)18-13/h1-6H,16H2. The molecular formula is C13H8BrClN2O. The van der Waals surface area contributed by atoms with Gasteiger partial charge < -0.3 is 10.2 Å². The largest absolute Gasteiger partial charge is 0.435 e. The van der Waals surface area contributed by atoms with Crippen LogP contribution in [0.1, 0.15) is 0 Å². The monoisotopic (exact) mass is 322 g/mol. The van der Waals surface area contributed by atoms with E-state index in [4.69, 9.17) is 21.8 Å². The molecule has 3 rings (SSSR count). The van der Waals surface area contributed by atoms with Gasteiger partial charge in [0.25, 0.3) is 0 Å². The van der Waals surface area contributed by atoms with E-state index in [0.29, 0.717) is 22.2 Å². The van der Waals surface area contributed by atoms with E-state index in [0.717, 1.165) is 15.6 Å². The first-order valence-electron chi connectivity index (χ1n) is 5.25. The molecule has 3 aromatic rings. The molecule has 0 atom stereocenters. The average Bonchev–Trinajstić information content (AvgIpc) is 2.73. The highest BCUT2D eigenvalue weighted by atomic mass is 79.9. The van der Waals surface area contributed by atoms with Crippen LogP contribution < -0.4 is 5.73 Å². The third-order valence-electron chi connectivity index (χ3n) is 2.53. The van der Waals surface area contributed by atoms with Crippen LogP contribution in [0.4, 0.5) is 5.69 Å². The predicted octanol–water partition coefficient (Wildman–Crippen LogP) is 4.49. The Kier molecular flexibility index (Phi) is 2.76. The normalized spacial score (nSPS) is 11.0. The Morgan fingerprint density at radius 2 is 2.06 bits per heavy atom. The van der Waals surface area contributed by atoms with Crippen LogP contribution in [0.15, 0.2) is 45.3 Å². The maximum absolute atomic E-state index is 6.05. The van der Waals surface area contributed by atoms with Gasteiger partial charge in [-0.3, -0.25) is 0 Å². The summed E-state index contributed by atoms with van der Waals surface area (Å²) in [4.78, 5) is 4.40. The number of rotatable bonds is 1. The molecule has 90 valence electrons. The van der Waals surface area contributed by atoms with Crippen molar-refractivity contribution in [2.75, 3.05) is 5.73 Å². The first-order valence-corrected chi connectivity index (χ1v) is 6.42. The van der Waals surface area contributed by atoms with Crippen molar-refractivity contribution in [3.8, 4) is 11.5 Å². The second-order valence-electron chi connectivity index (χ2n) is 3.88. The molecule has 18 heavy (non-hydrogen) atoms. The first kappa shape index (κ1) is 11.6. The van der Waals surface area contributed by atoms with Gasteiger partial charge in [-0.2, -0.15) is 0 Å². The number of halogens is 2. The van der Waals surface area contributed by atoms with Gasteiger partial charge in [-0.15, -0.1) is 0 Å². The van der Waals surface area contributed by atoms with Crippen LogP contribution >= 0.6 is 27.5 Å². The topological polar surface area (TPSA) is 52.0 Å². The molecule has 0 saturated heterocycles. The molecule has 0 bridgehead atoms. The summed E-state index contributed by atoms with van der Waals surface area (Å²) in [6.07, 6.45) is 0. The van der Waals surface area contributed by atoms with Crippen molar-refractivity contribution in [1.29, 1.82) is 0 Å². The van der Waals surface area contributed by atoms with E-state index in [9.17, 15) is 0 Å². The molecule has 0 fully saturated rings. The van der Waals surface area contributed by atoms with Gasteiger partial charge in [-0.05, 0) is 30.3 Å². The van der Waals surface area contributed by atoms with Gasteiger partial charge in [0.05, 0.1) is 5.02 Å². The summed E-state index contributed by atoms with van der Waals surface area (Å²) in [6.45, 7) is 0. The van der Waals surface area contributed by atoms with Crippen LogP contribution in [0.5, 0.6) is 0 Å². The summed E-state index contributed by atoms with van der Waals surface area (Å²) in [5.74, 6) is 0.506. The van der Waals surface area contributed by atoms with Crippen LogP contribution in [0.25, 0.3) is 22.6 Å². The lowest BCUT2D eigenvalue weighted by molar-refractivity contribution is 0.620. The number of aromatic nitrogens is 1. The van der Waals surface area contributed by atoms with E-state index in [1.54, 1.807) is 6.07 Å². The number of para-hydroxylation sites is 1. The lowest BCUT2D eigenvalue weighted by Gasteiger charge is -1.99. The third kappa shape index (κ3) is 1.98. The van der Waals surface area contributed by atoms with E-state index >= 15 is 0 Å². The van der Waals surface area contributed by atoms with Crippen LogP contribution in [0.3, 0.4) is 0 Å². The number of hydrogen-bond donors (Lipinski definition) is 1. The van der Waals surface area contributed by atoms with Crippen molar-refractivity contribution in [2.45, 2.75) is 0 Å². The van der Waals surface area contributed by atoms with Crippen molar-refractivity contribution >= 4 is 44.3 Å². The summed E-state index contributed by atoms with van der Waals surface area (Å²) < 4.78 is 6.56. The molecule has 0 saturated carbocycles. The van der Waals surface area contributed by atoms with Gasteiger partial charge in [-0.1, -0.05) is 33.6 Å². The zero-order valence-corrected chi connectivity index (χ0v) is 11.5. The minimum Gasteiger partial charge on any atom is -0.435 e. The van der Waals surface area contributed by atoms with Crippen LogP contribution in [0.2, 0.25) is 5.02 Å². The molecule has 5 heteroatoms. The van der Waals surface area contributed by atoms with Gasteiger partial charge in [0.1, 0.15) is 5.52 Å². The molecule has 0 unspecified atom stereocenters. The maximum atomic E-state index is 6.05. The second kappa shape index (κ2) is 4.30. The SMILES string of the molecule is Nc1cc(Br)cc(-c2nc3cccc(Cl)c3o2)c1. The number of fused-ring (bicyclic) bond motifs is 1. The molecule has 0 spiro atoms. The summed E-state index contributed by atoms with van der Waals surface area (Å²) in [6, 6.07) is 11.0. The smallest absolute Gasteiger partial charge is 0.227 e. The summed E-state index contributed by atoms with van der Waals surface area (Å²) in [7, 11) is 0. The average molecular weight is 324 g/mol. The molecule has 0 aliphatic heterocycles. The van der Waals surface area contributed by atoms with E-state index in [-0.39, 0.29) is 0 Å². The molecular weight excluding hydrogens is 316 g/mol. The van der Waals surface area contributed by atoms with Crippen molar-refractivity contribution in [1.82, 2.24) is 4.98 Å². The number of anilines is 1. The molecule has 1 heterocycles. The molecule has 2 aromatic carbocycles. The number of nitrogens with two attached hydrogens (primary N) is 1. The number of nitrogen functional groups attached to an aromatic ring is 1. The number of oxazole rings is 1. The minimum absolute atomic E-state index is 0.506. The number of hydrogen-bond acceptors (Lipinski definition) is 3. The lowest BCUT2D eigenvalue weighted by Crippen LogP contribution is -1.86. The molecule has 1 aromatic heterocycles. The molecule has 0 aliphatic carbocycles. The van der Waals surface area contributed by atoms with E-state index < -0.39 is 0 Å². The third-order valence-corrected chi connectivity index (χ3v) is 3.29. The Hall–Kier alpha value is -1.52. The van der Waals surface area contributed by atoms with E-state index in [1.807, 2.05) is 30.3 Å². The first-order chi connectivity index (χ1) is 8.63. The van der Waals surface area contributed by atoms with Crippen molar-refractivity contribution in [3.05, 3.63) is 45.9 Å². The van der Waals surface area contributed by atoms with Crippen molar-refractivity contribution < 1.29 is 4.42 Å². The Balaban J connectivity index is 2.22. The van der Waals surface area contributed by atoms with Gasteiger partial charge in [0.2, 0.25) is 5.89 Å². The second-order valence-corrected chi connectivity index (χ2v) is 5.20. The summed E-state index contributed by atoms with van der Waals surface area (Å²) >= 11 is 9.45. The van der Waals surface area contributed by atoms with Crippen LogP contribution in [-0.2, 0) is 0 Å². The Morgan fingerprint density at radius 3 is 2.78 bits per heavy atom. The fourth-order valence-electron chi connectivity index (χ4n) is 1.77. The Morgan fingerprint density at radius 1 is 1.22 bits per heavy atom. The quantitative estimate of drug-likeness (QED) is 0.671. The zero-order chi connectivity index (χ0) is 12.7. The number of nitrogens with zero attached hydrogens (tertiary/aromatic N) is 1. The van der Waals surface area contributed by atoms with Crippen LogP contribution in [0, 0.1) is 0 Å². The zero-order valence-electron chi connectivity index (χ0n) is 9.15. The van der Waals surface area contributed by atoms with E-state index in [1.165, 1.54) is 0 Å². The fraction of sp³-hybridized carbons (Fsp3) is 0. The van der Waals surface area contributed by atoms with Crippen molar-refractivity contribution in [3.63, 3.8) is 0 Å². The summed E-state index contributed by atoms with van der Waals surface area (Å²) in [5, 5.41) is 0.550. The summed E-state index contributed by atoms with van der Waals surface area (Å²) in [5.41, 5.74) is 8.58. The Bertz CT molecular complexity index is 719. The van der Waals surface area contributed by atoms with Gasteiger partial charge in [-0.25, -0.2) is 4.98 Å². The number of benzene rings is 2. The van der Waals surface area contributed by atoms with Gasteiger partial charge >= 0.3 is 0 Å². The Labute approximate surface area is 117 Å². The lowest BCUT2D eigenvalue weighted by atomic mass is 10.2. The molecule has 0 amide bonds. The highest BCUT2D eigenvalue weighted by Gasteiger charge is 2.11. The highest BCUT2D eigenvalue weighted by Crippen LogP contribution is 2.31. The maximum Gasteiger partial charge on any atom is 0.227 e. The highest BCUT2D eigenvalue weighted by molar-refractivity contribution is 9.10. The fourth-order valence-corrected chi connectivity index (χ4v) is 2.49. The van der Waals surface area contributed by atoms with E-state index in [2.05, 4.69) is 20.9 Å². The molecule has 0 radical (unpaired) electrons. The van der Waals surface area contributed by atoms with Crippen molar-refractivity contribution in [2.24, 2.45) is 0 Å². The molecule has 2 N–H and O–H groups in total. The van der Waals surface area contributed by atoms with Gasteiger partial charge in [0.15, 0.2) is 5.58 Å². The predicted molar refractivity (Wildman–Crippen MR) is 76.6 cm³/mol. The van der Waals surface area contributed by atoms with Gasteiger partial charge in [0, 0.05) is 15.7 Å². The minimum atomic E-state index is 0.506. The molecule has 3 nitrogen and oxygen atoms in total. The van der Waals surface area contributed by atoms with Crippen LogP contribution in [-0.4, -0.2) is 4.98 Å².